The fourth-order valence-electron chi connectivity index (χ4n) is 3.32. The minimum atomic E-state index is -0.603. The lowest BCUT2D eigenvalue weighted by molar-refractivity contribution is -0.384. The quantitative estimate of drug-likeness (QED) is 0.582. The molecule has 1 N–H and O–H groups in total. The molecule has 1 aliphatic rings. The molecular formula is C21H25N3O4. The van der Waals surface area contributed by atoms with Crippen LogP contribution in [0.25, 0.3) is 0 Å². The molecule has 1 amide bonds. The van der Waals surface area contributed by atoms with Crippen LogP contribution in [0.3, 0.4) is 0 Å². The van der Waals surface area contributed by atoms with Crippen molar-refractivity contribution in [3.05, 3.63) is 64.2 Å². The molecule has 0 saturated carbocycles. The number of nitro groups is 1. The fraction of sp³-hybridized carbons (Fsp3) is 0.381. The predicted molar refractivity (Wildman–Crippen MR) is 108 cm³/mol. The number of amides is 1. The average molecular weight is 383 g/mol. The van der Waals surface area contributed by atoms with Gasteiger partial charge in [0.15, 0.2) is 6.10 Å². The van der Waals surface area contributed by atoms with Crippen molar-refractivity contribution >= 4 is 17.3 Å². The molecule has 0 spiro atoms. The molecule has 0 radical (unpaired) electrons. The summed E-state index contributed by atoms with van der Waals surface area (Å²) in [5.74, 6) is 0.553. The molecule has 1 aliphatic heterocycles. The Kier molecular flexibility index (Phi) is 6.13. The highest BCUT2D eigenvalue weighted by Gasteiger charge is 2.31. The normalized spacial score (nSPS) is 15.7. The summed E-state index contributed by atoms with van der Waals surface area (Å²) >= 11 is 0. The number of carbonyl (C=O) groups excluding carboxylic acids is 1. The summed E-state index contributed by atoms with van der Waals surface area (Å²) in [4.78, 5) is 25.2. The zero-order chi connectivity index (χ0) is 20.1. The standard InChI is InChI=1S/C21H25N3O4/c1-3-16(4-2)22-21(25)20-14-23(18-7-5-6-8-19(18)28-20)13-15-9-11-17(12-10-15)24(26)27/h5-12,16,20H,3-4,13-14H2,1-2H3,(H,22,25). The van der Waals surface area contributed by atoms with Crippen LogP contribution in [0.4, 0.5) is 11.4 Å². The lowest BCUT2D eigenvalue weighted by Gasteiger charge is -2.36. The van der Waals surface area contributed by atoms with Gasteiger partial charge in [0.05, 0.1) is 17.2 Å². The van der Waals surface area contributed by atoms with Crippen molar-refractivity contribution in [2.45, 2.75) is 45.4 Å². The van der Waals surface area contributed by atoms with Gasteiger partial charge < -0.3 is 15.0 Å². The second-order valence-corrected chi connectivity index (χ2v) is 6.90. The number of ether oxygens (including phenoxy) is 1. The van der Waals surface area contributed by atoms with Gasteiger partial charge in [-0.2, -0.15) is 0 Å². The fourth-order valence-corrected chi connectivity index (χ4v) is 3.32. The first kappa shape index (κ1) is 19.7. The summed E-state index contributed by atoms with van der Waals surface area (Å²) in [6.45, 7) is 5.05. The van der Waals surface area contributed by atoms with Crippen LogP contribution in [0.2, 0.25) is 0 Å². The molecule has 1 unspecified atom stereocenters. The number of benzene rings is 2. The van der Waals surface area contributed by atoms with E-state index in [0.717, 1.165) is 24.1 Å². The number of non-ortho nitro benzene ring substituents is 1. The Morgan fingerprint density at radius 1 is 1.21 bits per heavy atom. The number of nitrogens with zero attached hydrogens (tertiary/aromatic N) is 2. The van der Waals surface area contributed by atoms with Crippen LogP contribution in [0.5, 0.6) is 5.75 Å². The van der Waals surface area contributed by atoms with E-state index in [1.807, 2.05) is 38.1 Å². The number of nitro benzene ring substituents is 1. The van der Waals surface area contributed by atoms with Crippen molar-refractivity contribution in [2.75, 3.05) is 11.4 Å². The molecule has 3 rings (SSSR count). The molecular weight excluding hydrogens is 358 g/mol. The van der Waals surface area contributed by atoms with Gasteiger partial charge in [0.1, 0.15) is 5.75 Å². The van der Waals surface area contributed by atoms with Crippen LogP contribution in [0.1, 0.15) is 32.3 Å². The van der Waals surface area contributed by atoms with E-state index in [1.165, 1.54) is 12.1 Å². The summed E-state index contributed by atoms with van der Waals surface area (Å²) in [7, 11) is 0. The van der Waals surface area contributed by atoms with Crippen LogP contribution in [0, 0.1) is 10.1 Å². The van der Waals surface area contributed by atoms with E-state index in [-0.39, 0.29) is 17.6 Å². The van der Waals surface area contributed by atoms with E-state index in [0.29, 0.717) is 18.8 Å². The highest BCUT2D eigenvalue weighted by atomic mass is 16.6. The van der Waals surface area contributed by atoms with Gasteiger partial charge in [-0.25, -0.2) is 0 Å². The second kappa shape index (κ2) is 8.73. The Labute approximate surface area is 164 Å². The minimum absolute atomic E-state index is 0.0635. The Bertz CT molecular complexity index is 834. The summed E-state index contributed by atoms with van der Waals surface area (Å²) in [5, 5.41) is 13.9. The van der Waals surface area contributed by atoms with Crippen molar-refractivity contribution < 1.29 is 14.5 Å². The number of hydrogen-bond acceptors (Lipinski definition) is 5. The molecule has 7 nitrogen and oxygen atoms in total. The molecule has 0 bridgehead atoms. The van der Waals surface area contributed by atoms with E-state index < -0.39 is 11.0 Å². The van der Waals surface area contributed by atoms with Crippen LogP contribution in [-0.4, -0.2) is 29.5 Å². The van der Waals surface area contributed by atoms with E-state index >= 15 is 0 Å². The number of rotatable bonds is 7. The van der Waals surface area contributed by atoms with Crippen molar-refractivity contribution in [3.63, 3.8) is 0 Å². The van der Waals surface area contributed by atoms with Crippen molar-refractivity contribution in [1.82, 2.24) is 5.32 Å². The maximum atomic E-state index is 12.7. The van der Waals surface area contributed by atoms with Gasteiger partial charge in [-0.05, 0) is 30.5 Å². The minimum Gasteiger partial charge on any atom is -0.477 e. The first-order valence-corrected chi connectivity index (χ1v) is 9.56. The first-order chi connectivity index (χ1) is 13.5. The number of anilines is 1. The molecule has 0 aliphatic carbocycles. The zero-order valence-electron chi connectivity index (χ0n) is 16.1. The molecule has 0 fully saturated rings. The smallest absolute Gasteiger partial charge is 0.269 e. The molecule has 0 aromatic heterocycles. The monoisotopic (exact) mass is 383 g/mol. The Morgan fingerprint density at radius 2 is 1.89 bits per heavy atom. The third-order valence-electron chi connectivity index (χ3n) is 5.01. The first-order valence-electron chi connectivity index (χ1n) is 9.56. The molecule has 1 atom stereocenters. The molecule has 7 heteroatoms. The lowest BCUT2D eigenvalue weighted by Crippen LogP contribution is -2.50. The summed E-state index contributed by atoms with van der Waals surface area (Å²) in [6.07, 6.45) is 1.14. The number of para-hydroxylation sites is 2. The largest absolute Gasteiger partial charge is 0.477 e. The van der Waals surface area contributed by atoms with Crippen molar-refractivity contribution in [2.24, 2.45) is 0 Å². The average Bonchev–Trinajstić information content (AvgIpc) is 2.72. The SMILES string of the molecule is CCC(CC)NC(=O)C1CN(Cc2ccc([N+](=O)[O-])cc2)c2ccccc2O1. The summed E-state index contributed by atoms with van der Waals surface area (Å²) in [5.41, 5.74) is 1.91. The highest BCUT2D eigenvalue weighted by Crippen LogP contribution is 2.34. The van der Waals surface area contributed by atoms with Gasteiger partial charge in [-0.1, -0.05) is 38.1 Å². The molecule has 148 valence electrons. The maximum absolute atomic E-state index is 12.7. The Hall–Kier alpha value is -3.09. The zero-order valence-corrected chi connectivity index (χ0v) is 16.1. The number of hydrogen-bond donors (Lipinski definition) is 1. The molecule has 28 heavy (non-hydrogen) atoms. The number of fused-ring (bicyclic) bond motifs is 1. The summed E-state index contributed by atoms with van der Waals surface area (Å²) < 4.78 is 5.96. The molecule has 2 aromatic rings. The Morgan fingerprint density at radius 3 is 2.54 bits per heavy atom. The van der Waals surface area contributed by atoms with E-state index in [1.54, 1.807) is 12.1 Å². The van der Waals surface area contributed by atoms with Crippen LogP contribution < -0.4 is 15.0 Å². The van der Waals surface area contributed by atoms with Crippen molar-refractivity contribution in [1.29, 1.82) is 0 Å². The van der Waals surface area contributed by atoms with E-state index in [2.05, 4.69) is 10.2 Å². The van der Waals surface area contributed by atoms with Crippen LogP contribution in [-0.2, 0) is 11.3 Å². The lowest BCUT2D eigenvalue weighted by atomic mass is 10.1. The predicted octanol–water partition coefficient (Wildman–Crippen LogP) is 3.67. The van der Waals surface area contributed by atoms with Gasteiger partial charge in [0.25, 0.3) is 11.6 Å². The number of carbonyl (C=O) groups is 1. The molecule has 2 aromatic carbocycles. The molecule has 1 heterocycles. The second-order valence-electron chi connectivity index (χ2n) is 6.90. The molecule has 0 saturated heterocycles. The highest BCUT2D eigenvalue weighted by molar-refractivity contribution is 5.83. The van der Waals surface area contributed by atoms with E-state index in [9.17, 15) is 14.9 Å². The Balaban J connectivity index is 1.79. The number of nitrogens with one attached hydrogen (secondary N) is 1. The van der Waals surface area contributed by atoms with Gasteiger partial charge in [0.2, 0.25) is 0 Å². The third kappa shape index (κ3) is 4.42. The van der Waals surface area contributed by atoms with Gasteiger partial charge in [0, 0.05) is 24.7 Å². The summed E-state index contributed by atoms with van der Waals surface area (Å²) in [6, 6.07) is 14.2. The third-order valence-corrected chi connectivity index (χ3v) is 5.01. The topological polar surface area (TPSA) is 84.7 Å². The van der Waals surface area contributed by atoms with Crippen LogP contribution >= 0.6 is 0 Å². The maximum Gasteiger partial charge on any atom is 0.269 e. The van der Waals surface area contributed by atoms with Crippen molar-refractivity contribution in [3.8, 4) is 5.75 Å². The van der Waals surface area contributed by atoms with Gasteiger partial charge in [-0.15, -0.1) is 0 Å². The van der Waals surface area contributed by atoms with Gasteiger partial charge >= 0.3 is 0 Å². The van der Waals surface area contributed by atoms with Crippen LogP contribution in [0.15, 0.2) is 48.5 Å². The van der Waals surface area contributed by atoms with Gasteiger partial charge in [-0.3, -0.25) is 14.9 Å². The van der Waals surface area contributed by atoms with E-state index in [4.69, 9.17) is 4.74 Å².